The van der Waals surface area contributed by atoms with E-state index in [1.807, 2.05) is 7.05 Å². The average molecular weight is 249 g/mol. The molecule has 0 amide bonds. The van der Waals surface area contributed by atoms with E-state index in [4.69, 9.17) is 9.47 Å². The van der Waals surface area contributed by atoms with Crippen molar-refractivity contribution in [2.45, 2.75) is 38.5 Å². The molecule has 1 heterocycles. The molecule has 18 heavy (non-hydrogen) atoms. The highest BCUT2D eigenvalue weighted by atomic mass is 16.5. The predicted octanol–water partition coefficient (Wildman–Crippen LogP) is 2.49. The summed E-state index contributed by atoms with van der Waals surface area (Å²) in [4.78, 5) is 0. The number of rotatable bonds is 6. The quantitative estimate of drug-likeness (QED) is 0.840. The molecule has 0 bridgehead atoms. The minimum absolute atomic E-state index is 0.308. The van der Waals surface area contributed by atoms with Crippen molar-refractivity contribution in [1.82, 2.24) is 5.32 Å². The Morgan fingerprint density at radius 1 is 1.22 bits per heavy atom. The molecule has 0 radical (unpaired) electrons. The second kappa shape index (κ2) is 7.52. The molecule has 1 atom stereocenters. The second-order valence-corrected chi connectivity index (χ2v) is 4.85. The van der Waals surface area contributed by atoms with E-state index in [9.17, 15) is 0 Å². The Bertz CT molecular complexity index is 331. The lowest BCUT2D eigenvalue weighted by atomic mass is 10.1. The molecule has 100 valence electrons. The van der Waals surface area contributed by atoms with Crippen molar-refractivity contribution < 1.29 is 9.47 Å². The molecule has 1 aliphatic heterocycles. The fraction of sp³-hybridized carbons (Fsp3) is 0.600. The van der Waals surface area contributed by atoms with Crippen LogP contribution in [0.3, 0.4) is 0 Å². The Hall–Kier alpha value is -0.900. The Morgan fingerprint density at radius 2 is 2.00 bits per heavy atom. The van der Waals surface area contributed by atoms with Gasteiger partial charge in [0.15, 0.2) is 0 Å². The Labute approximate surface area is 109 Å². The van der Waals surface area contributed by atoms with E-state index in [2.05, 4.69) is 29.6 Å². The number of nitrogens with one attached hydrogen (secondary N) is 1. The SMILES string of the molecule is CNCc1ccc(COCC2CCCCO2)cc1. The molecule has 0 aromatic heterocycles. The maximum atomic E-state index is 5.72. The van der Waals surface area contributed by atoms with Crippen LogP contribution in [0.1, 0.15) is 30.4 Å². The first-order valence-corrected chi connectivity index (χ1v) is 6.80. The summed E-state index contributed by atoms with van der Waals surface area (Å²) in [5.41, 5.74) is 2.53. The van der Waals surface area contributed by atoms with E-state index >= 15 is 0 Å². The van der Waals surface area contributed by atoms with E-state index < -0.39 is 0 Å². The van der Waals surface area contributed by atoms with Gasteiger partial charge >= 0.3 is 0 Å². The van der Waals surface area contributed by atoms with Gasteiger partial charge in [-0.15, -0.1) is 0 Å². The van der Waals surface area contributed by atoms with Crippen LogP contribution < -0.4 is 5.32 Å². The highest BCUT2D eigenvalue weighted by molar-refractivity contribution is 5.21. The van der Waals surface area contributed by atoms with Gasteiger partial charge in [0.05, 0.1) is 19.3 Å². The van der Waals surface area contributed by atoms with Crippen LogP contribution in [0.25, 0.3) is 0 Å². The fourth-order valence-corrected chi connectivity index (χ4v) is 2.20. The minimum atomic E-state index is 0.308. The molecule has 0 saturated carbocycles. The molecular formula is C15H23NO2. The van der Waals surface area contributed by atoms with E-state index in [1.165, 1.54) is 24.0 Å². The molecule has 3 heteroatoms. The molecule has 2 rings (SSSR count). The van der Waals surface area contributed by atoms with Gasteiger partial charge in [-0.2, -0.15) is 0 Å². The van der Waals surface area contributed by atoms with Crippen LogP contribution in [0.4, 0.5) is 0 Å². The van der Waals surface area contributed by atoms with Crippen LogP contribution in [-0.4, -0.2) is 26.4 Å². The smallest absolute Gasteiger partial charge is 0.0808 e. The maximum absolute atomic E-state index is 5.72. The number of hydrogen-bond donors (Lipinski definition) is 1. The van der Waals surface area contributed by atoms with Gasteiger partial charge in [-0.25, -0.2) is 0 Å². The van der Waals surface area contributed by atoms with Gasteiger partial charge in [0.1, 0.15) is 0 Å². The van der Waals surface area contributed by atoms with Gasteiger partial charge in [-0.05, 0) is 37.4 Å². The van der Waals surface area contributed by atoms with Gasteiger partial charge in [0.25, 0.3) is 0 Å². The third-order valence-corrected chi connectivity index (χ3v) is 3.25. The molecular weight excluding hydrogens is 226 g/mol. The molecule has 1 N–H and O–H groups in total. The molecule has 1 aromatic rings. The number of benzene rings is 1. The van der Waals surface area contributed by atoms with E-state index in [0.717, 1.165) is 26.2 Å². The van der Waals surface area contributed by atoms with Crippen LogP contribution in [0.5, 0.6) is 0 Å². The van der Waals surface area contributed by atoms with Crippen LogP contribution in [0.15, 0.2) is 24.3 Å². The monoisotopic (exact) mass is 249 g/mol. The molecule has 1 fully saturated rings. The zero-order valence-electron chi connectivity index (χ0n) is 11.2. The molecule has 1 aliphatic rings. The fourth-order valence-electron chi connectivity index (χ4n) is 2.20. The van der Waals surface area contributed by atoms with E-state index in [0.29, 0.717) is 12.7 Å². The van der Waals surface area contributed by atoms with Crippen molar-refractivity contribution in [2.24, 2.45) is 0 Å². The number of hydrogen-bond acceptors (Lipinski definition) is 3. The lowest BCUT2D eigenvalue weighted by Crippen LogP contribution is -2.24. The molecule has 1 aromatic carbocycles. The minimum Gasteiger partial charge on any atom is -0.376 e. The predicted molar refractivity (Wildman–Crippen MR) is 72.5 cm³/mol. The zero-order valence-corrected chi connectivity index (χ0v) is 11.2. The summed E-state index contributed by atoms with van der Waals surface area (Å²) in [5.74, 6) is 0. The van der Waals surface area contributed by atoms with Crippen LogP contribution in [0.2, 0.25) is 0 Å². The van der Waals surface area contributed by atoms with Gasteiger partial charge in [-0.3, -0.25) is 0 Å². The molecule has 1 saturated heterocycles. The van der Waals surface area contributed by atoms with Crippen molar-refractivity contribution in [1.29, 1.82) is 0 Å². The van der Waals surface area contributed by atoms with Gasteiger partial charge < -0.3 is 14.8 Å². The van der Waals surface area contributed by atoms with Gasteiger partial charge in [0.2, 0.25) is 0 Å². The van der Waals surface area contributed by atoms with Crippen molar-refractivity contribution in [2.75, 3.05) is 20.3 Å². The van der Waals surface area contributed by atoms with Crippen LogP contribution in [-0.2, 0) is 22.6 Å². The standard InChI is InChI=1S/C15H23NO2/c1-16-10-13-5-7-14(8-6-13)11-17-12-15-4-2-3-9-18-15/h5-8,15-16H,2-4,9-12H2,1H3. The Balaban J connectivity index is 1.69. The van der Waals surface area contributed by atoms with Crippen molar-refractivity contribution in [3.63, 3.8) is 0 Å². The number of ether oxygens (including phenoxy) is 2. The normalized spacial score (nSPS) is 19.9. The summed E-state index contributed by atoms with van der Waals surface area (Å²) in [5, 5.41) is 3.14. The Kier molecular flexibility index (Phi) is 5.65. The summed E-state index contributed by atoms with van der Waals surface area (Å²) in [7, 11) is 1.96. The molecule has 3 nitrogen and oxygen atoms in total. The summed E-state index contributed by atoms with van der Waals surface area (Å²) in [6.07, 6.45) is 3.92. The van der Waals surface area contributed by atoms with Crippen LogP contribution in [0, 0.1) is 0 Å². The summed E-state index contributed by atoms with van der Waals surface area (Å²) in [6, 6.07) is 8.56. The lowest BCUT2D eigenvalue weighted by molar-refractivity contribution is -0.0447. The molecule has 0 spiro atoms. The topological polar surface area (TPSA) is 30.5 Å². The van der Waals surface area contributed by atoms with Crippen molar-refractivity contribution >= 4 is 0 Å². The highest BCUT2D eigenvalue weighted by Crippen LogP contribution is 2.13. The maximum Gasteiger partial charge on any atom is 0.0808 e. The van der Waals surface area contributed by atoms with Gasteiger partial charge in [-0.1, -0.05) is 24.3 Å². The summed E-state index contributed by atoms with van der Waals surface area (Å²) < 4.78 is 11.4. The largest absolute Gasteiger partial charge is 0.376 e. The van der Waals surface area contributed by atoms with Crippen molar-refractivity contribution in [3.05, 3.63) is 35.4 Å². The van der Waals surface area contributed by atoms with Gasteiger partial charge in [0, 0.05) is 13.2 Å². The first kappa shape index (κ1) is 13.5. The van der Waals surface area contributed by atoms with E-state index in [-0.39, 0.29) is 0 Å². The van der Waals surface area contributed by atoms with E-state index in [1.54, 1.807) is 0 Å². The summed E-state index contributed by atoms with van der Waals surface area (Å²) >= 11 is 0. The zero-order chi connectivity index (χ0) is 12.6. The Morgan fingerprint density at radius 3 is 2.67 bits per heavy atom. The summed E-state index contributed by atoms with van der Waals surface area (Å²) in [6.45, 7) is 3.21. The molecule has 1 unspecified atom stereocenters. The van der Waals surface area contributed by atoms with Crippen LogP contribution >= 0.6 is 0 Å². The first-order chi connectivity index (χ1) is 8.88. The highest BCUT2D eigenvalue weighted by Gasteiger charge is 2.13. The van der Waals surface area contributed by atoms with Crippen molar-refractivity contribution in [3.8, 4) is 0 Å². The third-order valence-electron chi connectivity index (χ3n) is 3.25. The first-order valence-electron chi connectivity index (χ1n) is 6.80. The second-order valence-electron chi connectivity index (χ2n) is 4.85. The average Bonchev–Trinajstić information content (AvgIpc) is 2.42. The third kappa shape index (κ3) is 4.41. The molecule has 0 aliphatic carbocycles. The lowest BCUT2D eigenvalue weighted by Gasteiger charge is -2.22.